The van der Waals surface area contributed by atoms with Gasteiger partial charge in [-0.05, 0) is 20.3 Å². The molecule has 0 aliphatic carbocycles. The van der Waals surface area contributed by atoms with E-state index in [9.17, 15) is 4.79 Å². The van der Waals surface area contributed by atoms with Crippen molar-refractivity contribution in [2.45, 2.75) is 32.9 Å². The van der Waals surface area contributed by atoms with Crippen molar-refractivity contribution >= 4 is 17.2 Å². The van der Waals surface area contributed by atoms with Gasteiger partial charge in [-0.2, -0.15) is 5.10 Å². The first kappa shape index (κ1) is 15.2. The Hall–Kier alpha value is -1.73. The Balaban J connectivity index is 1.69. The maximum atomic E-state index is 12.5. The van der Waals surface area contributed by atoms with Crippen LogP contribution in [-0.2, 0) is 23.1 Å². The lowest BCUT2D eigenvalue weighted by Gasteiger charge is -2.18. The zero-order chi connectivity index (χ0) is 15.7. The van der Waals surface area contributed by atoms with Crippen molar-refractivity contribution in [3.63, 3.8) is 0 Å². The maximum absolute atomic E-state index is 12.5. The third-order valence-electron chi connectivity index (χ3n) is 4.28. The number of ether oxygens (including phenoxy) is 1. The minimum absolute atomic E-state index is 0.0403. The van der Waals surface area contributed by atoms with Gasteiger partial charge < -0.3 is 10.1 Å². The predicted molar refractivity (Wildman–Crippen MR) is 83.4 cm³/mol. The summed E-state index contributed by atoms with van der Waals surface area (Å²) in [6.45, 7) is 5.10. The van der Waals surface area contributed by atoms with Crippen molar-refractivity contribution in [3.8, 4) is 0 Å². The summed E-state index contributed by atoms with van der Waals surface area (Å²) in [5.74, 6) is -0.116. The molecule has 0 aromatic carbocycles. The van der Waals surface area contributed by atoms with Gasteiger partial charge in [0.05, 0.1) is 36.0 Å². The number of aromatic nitrogens is 3. The quantitative estimate of drug-likeness (QED) is 0.934. The molecule has 1 aliphatic heterocycles. The van der Waals surface area contributed by atoms with E-state index < -0.39 is 0 Å². The van der Waals surface area contributed by atoms with Crippen molar-refractivity contribution in [2.24, 2.45) is 13.0 Å². The summed E-state index contributed by atoms with van der Waals surface area (Å²) in [7, 11) is 1.90. The number of hydrogen-bond donors (Lipinski definition) is 1. The first-order valence-electron chi connectivity index (χ1n) is 7.34. The Kier molecular flexibility index (Phi) is 4.26. The number of nitrogens with one attached hydrogen (secondary N) is 1. The number of amides is 1. The summed E-state index contributed by atoms with van der Waals surface area (Å²) in [6.07, 6.45) is 2.35. The Morgan fingerprint density at radius 1 is 1.55 bits per heavy atom. The van der Waals surface area contributed by atoms with E-state index in [0.29, 0.717) is 13.2 Å². The van der Waals surface area contributed by atoms with E-state index in [-0.39, 0.29) is 17.9 Å². The molecule has 6 nitrogen and oxygen atoms in total. The molecule has 7 heteroatoms. The number of nitrogens with zero attached hydrogens (tertiary/aromatic N) is 3. The third kappa shape index (κ3) is 2.78. The number of hydrogen-bond acceptors (Lipinski definition) is 5. The zero-order valence-electron chi connectivity index (χ0n) is 13.0. The van der Waals surface area contributed by atoms with Crippen molar-refractivity contribution in [1.82, 2.24) is 20.1 Å². The highest BCUT2D eigenvalue weighted by Gasteiger charge is 2.36. The average molecular weight is 320 g/mol. The summed E-state index contributed by atoms with van der Waals surface area (Å²) >= 11 is 1.57. The molecule has 0 spiro atoms. The highest BCUT2D eigenvalue weighted by Crippen LogP contribution is 2.36. The largest absolute Gasteiger partial charge is 0.373 e. The second-order valence-electron chi connectivity index (χ2n) is 5.57. The molecule has 1 N–H and O–H groups in total. The van der Waals surface area contributed by atoms with E-state index in [1.807, 2.05) is 25.6 Å². The molecule has 2 aromatic heterocycles. The van der Waals surface area contributed by atoms with Crippen LogP contribution in [0.1, 0.15) is 34.4 Å². The Morgan fingerprint density at radius 2 is 2.36 bits per heavy atom. The van der Waals surface area contributed by atoms with Crippen molar-refractivity contribution in [2.75, 3.05) is 6.61 Å². The third-order valence-corrected chi connectivity index (χ3v) is 5.21. The lowest BCUT2D eigenvalue weighted by Crippen LogP contribution is -2.32. The van der Waals surface area contributed by atoms with Crippen LogP contribution in [-0.4, -0.2) is 27.3 Å². The number of carbonyl (C=O) groups excluding carboxylic acids is 1. The van der Waals surface area contributed by atoms with Crippen LogP contribution in [0.4, 0.5) is 0 Å². The molecule has 1 fully saturated rings. The minimum atomic E-state index is -0.198. The number of rotatable bonds is 4. The second-order valence-corrected chi connectivity index (χ2v) is 6.51. The van der Waals surface area contributed by atoms with Crippen LogP contribution in [0.5, 0.6) is 0 Å². The molecule has 3 heterocycles. The van der Waals surface area contributed by atoms with Gasteiger partial charge in [0.25, 0.3) is 0 Å². The topological polar surface area (TPSA) is 69.0 Å². The Morgan fingerprint density at radius 3 is 3.00 bits per heavy atom. The standard InChI is InChI=1S/C15H20N4O2S/c1-9-13(22-8-17-9)7-16-15(20)11-4-5-21-14(11)12-6-18-19(3)10(12)2/h6,8,11,14H,4-5,7H2,1-3H3,(H,16,20)/t11-,14-/m0/s1. The molecule has 1 saturated heterocycles. The van der Waals surface area contributed by atoms with Crippen LogP contribution in [0.15, 0.2) is 11.7 Å². The molecule has 1 aliphatic rings. The van der Waals surface area contributed by atoms with Gasteiger partial charge in [-0.15, -0.1) is 11.3 Å². The summed E-state index contributed by atoms with van der Waals surface area (Å²) in [5, 5.41) is 7.27. The van der Waals surface area contributed by atoms with Gasteiger partial charge >= 0.3 is 0 Å². The number of aryl methyl sites for hydroxylation is 2. The normalized spacial score (nSPS) is 21.2. The average Bonchev–Trinajstić information content (AvgIpc) is 3.19. The fourth-order valence-electron chi connectivity index (χ4n) is 2.75. The molecule has 0 saturated carbocycles. The Bertz CT molecular complexity index is 679. The molecule has 22 heavy (non-hydrogen) atoms. The Labute approximate surface area is 133 Å². The summed E-state index contributed by atoms with van der Waals surface area (Å²) in [5.41, 5.74) is 4.84. The smallest absolute Gasteiger partial charge is 0.226 e. The molecular formula is C15H20N4O2S. The number of carbonyl (C=O) groups is 1. The van der Waals surface area contributed by atoms with Crippen LogP contribution in [0.25, 0.3) is 0 Å². The highest BCUT2D eigenvalue weighted by atomic mass is 32.1. The van der Waals surface area contributed by atoms with Gasteiger partial charge in [0, 0.05) is 29.8 Å². The van der Waals surface area contributed by atoms with E-state index in [0.717, 1.165) is 28.2 Å². The van der Waals surface area contributed by atoms with Gasteiger partial charge in [0.2, 0.25) is 5.91 Å². The lowest BCUT2D eigenvalue weighted by molar-refractivity contribution is -0.126. The fraction of sp³-hybridized carbons (Fsp3) is 0.533. The van der Waals surface area contributed by atoms with Gasteiger partial charge in [0.1, 0.15) is 0 Å². The van der Waals surface area contributed by atoms with E-state index in [1.54, 1.807) is 23.0 Å². The molecule has 0 bridgehead atoms. The van der Waals surface area contributed by atoms with E-state index in [1.165, 1.54) is 0 Å². The first-order valence-corrected chi connectivity index (χ1v) is 8.22. The molecule has 2 aromatic rings. The van der Waals surface area contributed by atoms with E-state index in [4.69, 9.17) is 4.74 Å². The van der Waals surface area contributed by atoms with Crippen LogP contribution >= 0.6 is 11.3 Å². The van der Waals surface area contributed by atoms with Gasteiger partial charge in [-0.25, -0.2) is 4.98 Å². The molecule has 0 radical (unpaired) electrons. The highest BCUT2D eigenvalue weighted by molar-refractivity contribution is 7.09. The minimum Gasteiger partial charge on any atom is -0.373 e. The molecule has 0 unspecified atom stereocenters. The van der Waals surface area contributed by atoms with Crippen LogP contribution < -0.4 is 5.32 Å². The van der Waals surface area contributed by atoms with Crippen molar-refractivity contribution in [1.29, 1.82) is 0 Å². The molecule has 3 rings (SSSR count). The van der Waals surface area contributed by atoms with E-state index >= 15 is 0 Å². The summed E-state index contributed by atoms with van der Waals surface area (Å²) in [4.78, 5) is 17.8. The molecular weight excluding hydrogens is 300 g/mol. The monoisotopic (exact) mass is 320 g/mol. The lowest BCUT2D eigenvalue weighted by atomic mass is 9.95. The van der Waals surface area contributed by atoms with Gasteiger partial charge in [0.15, 0.2) is 0 Å². The maximum Gasteiger partial charge on any atom is 0.226 e. The zero-order valence-corrected chi connectivity index (χ0v) is 13.8. The van der Waals surface area contributed by atoms with Crippen LogP contribution in [0.3, 0.4) is 0 Å². The number of thiazole rings is 1. The summed E-state index contributed by atoms with van der Waals surface area (Å²) in [6, 6.07) is 0. The SMILES string of the molecule is Cc1ncsc1CNC(=O)[C@H]1CCO[C@@H]1c1cnn(C)c1C. The van der Waals surface area contributed by atoms with Crippen LogP contribution in [0, 0.1) is 19.8 Å². The van der Waals surface area contributed by atoms with E-state index in [2.05, 4.69) is 15.4 Å². The summed E-state index contributed by atoms with van der Waals surface area (Å²) < 4.78 is 7.62. The van der Waals surface area contributed by atoms with Gasteiger partial charge in [-0.1, -0.05) is 0 Å². The molecule has 1 amide bonds. The predicted octanol–water partition coefficient (Wildman–Crippen LogP) is 1.89. The van der Waals surface area contributed by atoms with Crippen molar-refractivity contribution < 1.29 is 9.53 Å². The first-order chi connectivity index (χ1) is 10.6. The second kappa shape index (κ2) is 6.18. The molecule has 118 valence electrons. The van der Waals surface area contributed by atoms with Crippen molar-refractivity contribution in [3.05, 3.63) is 33.5 Å². The van der Waals surface area contributed by atoms with Gasteiger partial charge in [-0.3, -0.25) is 9.48 Å². The van der Waals surface area contributed by atoms with Crippen LogP contribution in [0.2, 0.25) is 0 Å². The fourth-order valence-corrected chi connectivity index (χ4v) is 3.47. The molecule has 2 atom stereocenters.